The van der Waals surface area contributed by atoms with E-state index in [0.29, 0.717) is 5.75 Å². The van der Waals surface area contributed by atoms with Crippen molar-refractivity contribution in [2.24, 2.45) is 0 Å². The lowest BCUT2D eigenvalue weighted by molar-refractivity contribution is 0.0945. The van der Waals surface area contributed by atoms with Crippen molar-refractivity contribution in [2.75, 3.05) is 7.11 Å². The molecule has 0 atom stereocenters. The number of hydrogen-bond acceptors (Lipinski definition) is 4. The van der Waals surface area contributed by atoms with Gasteiger partial charge in [0.1, 0.15) is 11.6 Å². The number of nitrogens with one attached hydrogen (secondary N) is 2. The Morgan fingerprint density at radius 3 is 2.35 bits per heavy atom. The van der Waals surface area contributed by atoms with Gasteiger partial charge >= 0.3 is 0 Å². The van der Waals surface area contributed by atoms with Crippen LogP contribution in [-0.4, -0.2) is 21.4 Å². The van der Waals surface area contributed by atoms with E-state index < -0.39 is 21.7 Å². The van der Waals surface area contributed by atoms with Crippen molar-refractivity contribution >= 4 is 15.9 Å². The molecule has 122 valence electrons. The van der Waals surface area contributed by atoms with Gasteiger partial charge in [0.2, 0.25) is 0 Å². The summed E-state index contributed by atoms with van der Waals surface area (Å²) < 4.78 is 42.3. The van der Waals surface area contributed by atoms with Crippen molar-refractivity contribution in [2.45, 2.75) is 11.8 Å². The first-order valence-electron chi connectivity index (χ1n) is 6.56. The second kappa shape index (κ2) is 6.76. The summed E-state index contributed by atoms with van der Waals surface area (Å²) in [5.41, 5.74) is 2.59. The largest absolute Gasteiger partial charge is 0.497 e. The molecule has 8 heteroatoms. The topological polar surface area (TPSA) is 84.5 Å². The molecule has 0 fully saturated rings. The van der Waals surface area contributed by atoms with Gasteiger partial charge in [-0.1, -0.05) is 0 Å². The number of aryl methyl sites for hydroxylation is 1. The number of amides is 1. The van der Waals surface area contributed by atoms with E-state index in [-0.39, 0.29) is 16.0 Å². The van der Waals surface area contributed by atoms with Gasteiger partial charge in [0.05, 0.1) is 12.0 Å². The van der Waals surface area contributed by atoms with Crippen LogP contribution in [0.25, 0.3) is 0 Å². The number of methoxy groups -OCH3 is 1. The smallest absolute Gasteiger partial charge is 0.266 e. The Balaban J connectivity index is 2.10. The average Bonchev–Trinajstić information content (AvgIpc) is 2.52. The molecule has 0 aromatic heterocycles. The number of carbonyl (C=O) groups excluding carboxylic acids is 1. The van der Waals surface area contributed by atoms with Crippen LogP contribution < -0.4 is 15.0 Å². The van der Waals surface area contributed by atoms with Crippen LogP contribution >= 0.6 is 0 Å². The highest BCUT2D eigenvalue weighted by Crippen LogP contribution is 2.15. The first kappa shape index (κ1) is 16.9. The summed E-state index contributed by atoms with van der Waals surface area (Å²) in [6, 6.07) is 9.40. The van der Waals surface area contributed by atoms with E-state index in [1.54, 1.807) is 12.1 Å². The van der Waals surface area contributed by atoms with Crippen molar-refractivity contribution in [3.05, 3.63) is 59.4 Å². The fourth-order valence-corrected chi connectivity index (χ4v) is 2.96. The molecule has 0 saturated heterocycles. The van der Waals surface area contributed by atoms with Crippen LogP contribution in [0.5, 0.6) is 5.75 Å². The van der Waals surface area contributed by atoms with Crippen LogP contribution in [0.15, 0.2) is 47.4 Å². The molecule has 0 aliphatic carbocycles. The summed E-state index contributed by atoms with van der Waals surface area (Å²) in [6.45, 7) is 1.46. The number of hydrogen-bond donors (Lipinski definition) is 2. The van der Waals surface area contributed by atoms with Crippen molar-refractivity contribution in [1.29, 1.82) is 0 Å². The Morgan fingerprint density at radius 1 is 1.13 bits per heavy atom. The van der Waals surface area contributed by atoms with E-state index in [2.05, 4.69) is 5.43 Å². The number of sulfonamides is 1. The predicted octanol–water partition coefficient (Wildman–Crippen LogP) is 1.77. The number of benzene rings is 2. The average molecular weight is 338 g/mol. The van der Waals surface area contributed by atoms with Crippen LogP contribution in [0.4, 0.5) is 4.39 Å². The van der Waals surface area contributed by atoms with Crippen molar-refractivity contribution < 1.29 is 22.3 Å². The fourth-order valence-electron chi connectivity index (χ4n) is 1.90. The SMILES string of the molecule is COc1ccc(C(=O)NNS(=O)(=O)c2ccc(F)cc2C)cc1. The maximum Gasteiger partial charge on any atom is 0.266 e. The molecule has 6 nitrogen and oxygen atoms in total. The van der Waals surface area contributed by atoms with Gasteiger partial charge in [-0.25, -0.2) is 12.8 Å². The van der Waals surface area contributed by atoms with E-state index in [0.717, 1.165) is 18.2 Å². The normalized spacial score (nSPS) is 11.1. The number of ether oxygens (including phenoxy) is 1. The third-order valence-corrected chi connectivity index (χ3v) is 4.49. The third-order valence-electron chi connectivity index (χ3n) is 3.08. The molecule has 2 aromatic carbocycles. The molecule has 2 rings (SSSR count). The van der Waals surface area contributed by atoms with E-state index >= 15 is 0 Å². The van der Waals surface area contributed by atoms with Crippen LogP contribution in [0, 0.1) is 12.7 Å². The highest BCUT2D eigenvalue weighted by Gasteiger charge is 2.18. The summed E-state index contributed by atoms with van der Waals surface area (Å²) >= 11 is 0. The van der Waals surface area contributed by atoms with Gasteiger partial charge in [0.25, 0.3) is 15.9 Å². The molecule has 0 aliphatic rings. The zero-order valence-electron chi connectivity index (χ0n) is 12.5. The van der Waals surface area contributed by atoms with Gasteiger partial charge in [-0.05, 0) is 55.0 Å². The Bertz CT molecular complexity index is 820. The first-order chi connectivity index (χ1) is 10.8. The summed E-state index contributed by atoms with van der Waals surface area (Å²) in [5, 5.41) is 0. The molecule has 0 saturated carbocycles. The van der Waals surface area contributed by atoms with E-state index in [4.69, 9.17) is 4.74 Å². The second-order valence-electron chi connectivity index (χ2n) is 4.70. The maximum atomic E-state index is 13.0. The summed E-state index contributed by atoms with van der Waals surface area (Å²) in [7, 11) is -2.50. The predicted molar refractivity (Wildman–Crippen MR) is 81.9 cm³/mol. The molecule has 0 heterocycles. The first-order valence-corrected chi connectivity index (χ1v) is 8.04. The summed E-state index contributed by atoms with van der Waals surface area (Å²) in [5.74, 6) is -0.594. The molecule has 2 N–H and O–H groups in total. The van der Waals surface area contributed by atoms with Gasteiger partial charge < -0.3 is 4.74 Å². The Hall–Kier alpha value is -2.45. The molecule has 0 aliphatic heterocycles. The molecular formula is C15H15FN2O4S. The highest BCUT2D eigenvalue weighted by molar-refractivity contribution is 7.89. The van der Waals surface area contributed by atoms with Gasteiger partial charge in [-0.3, -0.25) is 10.2 Å². The third kappa shape index (κ3) is 4.05. The quantitative estimate of drug-likeness (QED) is 0.814. The van der Waals surface area contributed by atoms with Gasteiger partial charge in [0.15, 0.2) is 0 Å². The number of rotatable bonds is 5. The fraction of sp³-hybridized carbons (Fsp3) is 0.133. The lowest BCUT2D eigenvalue weighted by Crippen LogP contribution is -2.41. The number of carbonyl (C=O) groups is 1. The van der Waals surface area contributed by atoms with Gasteiger partial charge in [-0.15, -0.1) is 4.83 Å². The zero-order valence-corrected chi connectivity index (χ0v) is 13.3. The molecule has 2 aromatic rings. The highest BCUT2D eigenvalue weighted by atomic mass is 32.2. The van der Waals surface area contributed by atoms with Crippen LogP contribution in [0.1, 0.15) is 15.9 Å². The van der Waals surface area contributed by atoms with Gasteiger partial charge in [0, 0.05) is 5.56 Å². The second-order valence-corrected chi connectivity index (χ2v) is 6.35. The molecule has 0 spiro atoms. The van der Waals surface area contributed by atoms with E-state index in [9.17, 15) is 17.6 Å². The van der Waals surface area contributed by atoms with Crippen LogP contribution in [0.3, 0.4) is 0 Å². The molecule has 0 bridgehead atoms. The van der Waals surface area contributed by atoms with Crippen molar-refractivity contribution in [1.82, 2.24) is 10.3 Å². The molecule has 0 unspecified atom stereocenters. The summed E-state index contributed by atoms with van der Waals surface area (Å²) in [4.78, 5) is 13.8. The van der Waals surface area contributed by atoms with Gasteiger partial charge in [-0.2, -0.15) is 0 Å². The van der Waals surface area contributed by atoms with E-state index in [1.165, 1.54) is 26.2 Å². The van der Waals surface area contributed by atoms with Crippen molar-refractivity contribution in [3.63, 3.8) is 0 Å². The zero-order chi connectivity index (χ0) is 17.0. The molecule has 23 heavy (non-hydrogen) atoms. The molecular weight excluding hydrogens is 323 g/mol. The maximum absolute atomic E-state index is 13.0. The molecule has 0 radical (unpaired) electrons. The van der Waals surface area contributed by atoms with Crippen LogP contribution in [0.2, 0.25) is 0 Å². The lowest BCUT2D eigenvalue weighted by atomic mass is 10.2. The molecule has 1 amide bonds. The Labute approximate surface area is 133 Å². The Kier molecular flexibility index (Phi) is 4.97. The number of halogens is 1. The monoisotopic (exact) mass is 338 g/mol. The summed E-state index contributed by atoms with van der Waals surface area (Å²) in [6.07, 6.45) is 0. The van der Waals surface area contributed by atoms with Crippen LogP contribution in [-0.2, 0) is 10.0 Å². The lowest BCUT2D eigenvalue weighted by Gasteiger charge is -2.10. The standard InChI is InChI=1S/C15H15FN2O4S/c1-10-9-12(16)5-8-14(10)23(20,21)18-17-15(19)11-3-6-13(22-2)7-4-11/h3-9,18H,1-2H3,(H,17,19). The van der Waals surface area contributed by atoms with Crippen molar-refractivity contribution in [3.8, 4) is 5.75 Å². The minimum atomic E-state index is -4.00. The van der Waals surface area contributed by atoms with E-state index in [1.807, 2.05) is 4.83 Å². The number of hydrazine groups is 1. The minimum absolute atomic E-state index is 0.117. The Morgan fingerprint density at radius 2 is 1.78 bits per heavy atom. The minimum Gasteiger partial charge on any atom is -0.497 e.